The van der Waals surface area contributed by atoms with E-state index in [-0.39, 0.29) is 36.3 Å². The molecule has 3 N–H and O–H groups in total. The minimum atomic E-state index is -0.358. The molecule has 7 heteroatoms. The van der Waals surface area contributed by atoms with E-state index in [1.165, 1.54) is 17.8 Å². The van der Waals surface area contributed by atoms with E-state index >= 15 is 0 Å². The summed E-state index contributed by atoms with van der Waals surface area (Å²) in [7, 11) is 0. The number of aliphatic hydroxyl groups is 1. The number of hydrogen-bond donors (Lipinski definition) is 3. The van der Waals surface area contributed by atoms with E-state index in [4.69, 9.17) is 16.7 Å². The Morgan fingerprint density at radius 1 is 1.43 bits per heavy atom. The van der Waals surface area contributed by atoms with Gasteiger partial charge in [0.15, 0.2) is 0 Å². The van der Waals surface area contributed by atoms with Gasteiger partial charge in [-0.25, -0.2) is 0 Å². The summed E-state index contributed by atoms with van der Waals surface area (Å²) in [5.41, 5.74) is 0.403. The highest BCUT2D eigenvalue weighted by Crippen LogP contribution is 2.11. The number of aliphatic hydroxyl groups excluding tert-OH is 1. The Bertz CT molecular complexity index is 495. The van der Waals surface area contributed by atoms with E-state index in [1.807, 2.05) is 13.2 Å². The summed E-state index contributed by atoms with van der Waals surface area (Å²) in [5, 5.41) is 14.8. The summed E-state index contributed by atoms with van der Waals surface area (Å²) in [5.74, 6) is -0.658. The molecule has 2 amide bonds. The van der Waals surface area contributed by atoms with E-state index in [1.54, 1.807) is 18.2 Å². The summed E-state index contributed by atoms with van der Waals surface area (Å²) in [4.78, 5) is 23.6. The molecule has 0 aliphatic rings. The lowest BCUT2D eigenvalue weighted by atomic mass is 10.2. The van der Waals surface area contributed by atoms with Crippen LogP contribution in [0.4, 0.5) is 0 Å². The summed E-state index contributed by atoms with van der Waals surface area (Å²) in [6, 6.07) is 6.32. The molecule has 0 fully saturated rings. The Kier molecular flexibility index (Phi) is 7.56. The number of amides is 2. The Labute approximate surface area is 133 Å². The van der Waals surface area contributed by atoms with Crippen molar-refractivity contribution in [3.63, 3.8) is 0 Å². The molecule has 2 atom stereocenters. The minimum Gasteiger partial charge on any atom is -0.395 e. The lowest BCUT2D eigenvalue weighted by Gasteiger charge is -2.21. The number of halogens is 1. The molecule has 0 aliphatic carbocycles. The molecular formula is C14H19ClN2O3S. The molecule has 0 heterocycles. The SMILES string of the molecule is CSC(CO)C(C)NC(=O)CNC(=O)c1cccc(Cl)c1. The highest BCUT2D eigenvalue weighted by Gasteiger charge is 2.17. The number of carbonyl (C=O) groups excluding carboxylic acids is 2. The summed E-state index contributed by atoms with van der Waals surface area (Å²) >= 11 is 7.28. The van der Waals surface area contributed by atoms with Crippen molar-refractivity contribution < 1.29 is 14.7 Å². The van der Waals surface area contributed by atoms with Crippen molar-refractivity contribution in [3.05, 3.63) is 34.9 Å². The van der Waals surface area contributed by atoms with Crippen LogP contribution in [-0.2, 0) is 4.79 Å². The van der Waals surface area contributed by atoms with E-state index in [0.29, 0.717) is 10.6 Å². The van der Waals surface area contributed by atoms with Gasteiger partial charge < -0.3 is 15.7 Å². The van der Waals surface area contributed by atoms with Gasteiger partial charge in [0.1, 0.15) is 0 Å². The molecule has 0 spiro atoms. The van der Waals surface area contributed by atoms with Gasteiger partial charge in [-0.3, -0.25) is 9.59 Å². The number of nitrogens with one attached hydrogen (secondary N) is 2. The molecule has 21 heavy (non-hydrogen) atoms. The van der Waals surface area contributed by atoms with Crippen LogP contribution in [0.3, 0.4) is 0 Å². The summed E-state index contributed by atoms with van der Waals surface area (Å²) in [6.45, 7) is 1.67. The first kappa shape index (κ1) is 17.8. The third kappa shape index (κ3) is 5.95. The quantitative estimate of drug-likeness (QED) is 0.704. The lowest BCUT2D eigenvalue weighted by Crippen LogP contribution is -2.45. The minimum absolute atomic E-state index is 0.0164. The maximum atomic E-state index is 11.8. The van der Waals surface area contributed by atoms with E-state index in [2.05, 4.69) is 10.6 Å². The fraction of sp³-hybridized carbons (Fsp3) is 0.429. The zero-order chi connectivity index (χ0) is 15.8. The first-order chi connectivity index (χ1) is 9.97. The molecule has 0 saturated carbocycles. The molecule has 5 nitrogen and oxygen atoms in total. The number of carbonyl (C=O) groups is 2. The van der Waals surface area contributed by atoms with Crippen molar-refractivity contribution in [2.75, 3.05) is 19.4 Å². The van der Waals surface area contributed by atoms with Crippen molar-refractivity contribution in [3.8, 4) is 0 Å². The van der Waals surface area contributed by atoms with Crippen LogP contribution < -0.4 is 10.6 Å². The van der Waals surface area contributed by atoms with Gasteiger partial charge in [-0.2, -0.15) is 11.8 Å². The Morgan fingerprint density at radius 2 is 2.14 bits per heavy atom. The molecule has 1 aromatic rings. The van der Waals surface area contributed by atoms with Gasteiger partial charge >= 0.3 is 0 Å². The van der Waals surface area contributed by atoms with Crippen LogP contribution in [0.15, 0.2) is 24.3 Å². The summed E-state index contributed by atoms with van der Waals surface area (Å²) < 4.78 is 0. The van der Waals surface area contributed by atoms with Gasteiger partial charge in [0.05, 0.1) is 13.2 Å². The third-order valence-corrected chi connectivity index (χ3v) is 4.32. The number of benzene rings is 1. The second-order valence-corrected chi connectivity index (χ2v) is 6.02. The molecule has 0 saturated heterocycles. The Morgan fingerprint density at radius 3 is 2.71 bits per heavy atom. The average molecular weight is 331 g/mol. The van der Waals surface area contributed by atoms with Crippen LogP contribution in [0, 0.1) is 0 Å². The number of hydrogen-bond acceptors (Lipinski definition) is 4. The Hall–Kier alpha value is -1.24. The first-order valence-corrected chi connectivity index (χ1v) is 8.11. The van der Waals surface area contributed by atoms with Crippen molar-refractivity contribution in [1.82, 2.24) is 10.6 Å². The lowest BCUT2D eigenvalue weighted by molar-refractivity contribution is -0.120. The smallest absolute Gasteiger partial charge is 0.251 e. The second kappa shape index (κ2) is 8.92. The molecule has 116 valence electrons. The van der Waals surface area contributed by atoms with Gasteiger partial charge in [0, 0.05) is 21.9 Å². The third-order valence-electron chi connectivity index (χ3n) is 2.93. The van der Waals surface area contributed by atoms with Crippen LogP contribution >= 0.6 is 23.4 Å². The zero-order valence-corrected chi connectivity index (χ0v) is 13.5. The maximum absolute atomic E-state index is 11.8. The highest BCUT2D eigenvalue weighted by molar-refractivity contribution is 7.99. The molecule has 2 unspecified atom stereocenters. The van der Waals surface area contributed by atoms with Gasteiger partial charge in [-0.05, 0) is 31.4 Å². The van der Waals surface area contributed by atoms with Crippen molar-refractivity contribution in [1.29, 1.82) is 0 Å². The highest BCUT2D eigenvalue weighted by atomic mass is 35.5. The second-order valence-electron chi connectivity index (χ2n) is 4.51. The molecule has 0 aliphatic heterocycles. The maximum Gasteiger partial charge on any atom is 0.251 e. The molecule has 0 aromatic heterocycles. The number of thioether (sulfide) groups is 1. The molecule has 1 rings (SSSR count). The fourth-order valence-corrected chi connectivity index (χ4v) is 2.54. The van der Waals surface area contributed by atoms with Crippen LogP contribution in [0.25, 0.3) is 0 Å². The standard InChI is InChI=1S/C14H19ClN2O3S/c1-9(12(8-18)21-2)17-13(19)7-16-14(20)10-4-3-5-11(15)6-10/h3-6,9,12,18H,7-8H2,1-2H3,(H,16,20)(H,17,19). The van der Waals surface area contributed by atoms with E-state index in [0.717, 1.165) is 0 Å². The molecular weight excluding hydrogens is 312 g/mol. The largest absolute Gasteiger partial charge is 0.395 e. The zero-order valence-electron chi connectivity index (χ0n) is 11.9. The normalized spacial score (nSPS) is 13.3. The van der Waals surface area contributed by atoms with Gasteiger partial charge in [0.2, 0.25) is 5.91 Å². The van der Waals surface area contributed by atoms with Gasteiger partial charge in [0.25, 0.3) is 5.91 Å². The Balaban J connectivity index is 2.44. The van der Waals surface area contributed by atoms with E-state index < -0.39 is 0 Å². The number of rotatable bonds is 7. The monoisotopic (exact) mass is 330 g/mol. The van der Waals surface area contributed by atoms with E-state index in [9.17, 15) is 9.59 Å². The van der Waals surface area contributed by atoms with Crippen LogP contribution in [0.2, 0.25) is 5.02 Å². The van der Waals surface area contributed by atoms with Gasteiger partial charge in [-0.15, -0.1) is 0 Å². The van der Waals surface area contributed by atoms with Crippen molar-refractivity contribution in [2.45, 2.75) is 18.2 Å². The van der Waals surface area contributed by atoms with Crippen molar-refractivity contribution in [2.24, 2.45) is 0 Å². The van der Waals surface area contributed by atoms with Crippen LogP contribution in [0.5, 0.6) is 0 Å². The van der Waals surface area contributed by atoms with Crippen LogP contribution in [0.1, 0.15) is 17.3 Å². The van der Waals surface area contributed by atoms with Crippen LogP contribution in [-0.4, -0.2) is 47.6 Å². The molecule has 0 radical (unpaired) electrons. The molecule has 0 bridgehead atoms. The topological polar surface area (TPSA) is 78.4 Å². The van der Waals surface area contributed by atoms with Gasteiger partial charge in [-0.1, -0.05) is 17.7 Å². The predicted molar refractivity (Wildman–Crippen MR) is 85.8 cm³/mol. The summed E-state index contributed by atoms with van der Waals surface area (Å²) in [6.07, 6.45) is 1.87. The first-order valence-electron chi connectivity index (χ1n) is 6.44. The van der Waals surface area contributed by atoms with Crippen molar-refractivity contribution >= 4 is 35.2 Å². The molecule has 1 aromatic carbocycles. The predicted octanol–water partition coefficient (Wildman–Crippen LogP) is 1.30. The average Bonchev–Trinajstić information content (AvgIpc) is 2.46. The fourth-order valence-electron chi connectivity index (χ4n) is 1.73.